The van der Waals surface area contributed by atoms with Gasteiger partial charge in [0.1, 0.15) is 18.0 Å². The molecule has 0 fully saturated rings. The van der Waals surface area contributed by atoms with Gasteiger partial charge in [0.05, 0.1) is 12.7 Å². The van der Waals surface area contributed by atoms with Crippen molar-refractivity contribution in [2.75, 3.05) is 17.6 Å². The Balaban J connectivity index is 1.83. The van der Waals surface area contributed by atoms with Crippen LogP contribution < -0.4 is 11.1 Å². The normalized spacial score (nSPS) is 10.1. The van der Waals surface area contributed by atoms with Crippen molar-refractivity contribution < 1.29 is 0 Å². The highest BCUT2D eigenvalue weighted by molar-refractivity contribution is 5.42. The first-order chi connectivity index (χ1) is 7.34. The van der Waals surface area contributed by atoms with Gasteiger partial charge in [-0.3, -0.25) is 4.68 Å². The quantitative estimate of drug-likeness (QED) is 0.715. The summed E-state index contributed by atoms with van der Waals surface area (Å²) in [6.45, 7) is 1.43. The van der Waals surface area contributed by atoms with Gasteiger partial charge in [-0.25, -0.2) is 9.97 Å². The third-order valence-electron chi connectivity index (χ3n) is 1.81. The first-order valence-corrected chi connectivity index (χ1v) is 4.50. The molecule has 2 heterocycles. The summed E-state index contributed by atoms with van der Waals surface area (Å²) < 4.78 is 1.73. The number of nitrogens with zero attached hydrogens (tertiary/aromatic N) is 5. The fourth-order valence-electron chi connectivity index (χ4n) is 1.12. The van der Waals surface area contributed by atoms with Gasteiger partial charge in [-0.05, 0) is 0 Å². The van der Waals surface area contributed by atoms with Gasteiger partial charge in [0.25, 0.3) is 0 Å². The number of nitrogen functional groups attached to an aromatic ring is 1. The summed E-state index contributed by atoms with van der Waals surface area (Å²) in [5.74, 6) is 1.16. The van der Waals surface area contributed by atoms with E-state index >= 15 is 0 Å². The third-order valence-corrected chi connectivity index (χ3v) is 1.81. The second kappa shape index (κ2) is 4.36. The molecule has 0 aliphatic rings. The van der Waals surface area contributed by atoms with Crippen molar-refractivity contribution in [1.82, 2.24) is 25.0 Å². The van der Waals surface area contributed by atoms with Crippen LogP contribution >= 0.6 is 0 Å². The van der Waals surface area contributed by atoms with E-state index in [1.165, 1.54) is 6.33 Å². The van der Waals surface area contributed by atoms with Crippen molar-refractivity contribution in [3.8, 4) is 0 Å². The molecule has 15 heavy (non-hydrogen) atoms. The average molecular weight is 205 g/mol. The van der Waals surface area contributed by atoms with Gasteiger partial charge in [0.15, 0.2) is 0 Å². The average Bonchev–Trinajstić information content (AvgIpc) is 2.71. The van der Waals surface area contributed by atoms with Crippen LogP contribution in [0.15, 0.2) is 24.8 Å². The highest BCUT2D eigenvalue weighted by Crippen LogP contribution is 2.03. The van der Waals surface area contributed by atoms with E-state index in [1.54, 1.807) is 23.1 Å². The molecule has 3 N–H and O–H groups in total. The monoisotopic (exact) mass is 205 g/mol. The zero-order chi connectivity index (χ0) is 10.5. The van der Waals surface area contributed by atoms with Crippen molar-refractivity contribution in [3.63, 3.8) is 0 Å². The smallest absolute Gasteiger partial charge is 0.131 e. The minimum Gasteiger partial charge on any atom is -0.384 e. The predicted octanol–water partition coefficient (Wildman–Crippen LogP) is -0.238. The highest BCUT2D eigenvalue weighted by atomic mass is 15.4. The number of aromatic nitrogens is 5. The fourth-order valence-corrected chi connectivity index (χ4v) is 1.12. The number of nitrogens with one attached hydrogen (secondary N) is 1. The summed E-state index contributed by atoms with van der Waals surface area (Å²) in [6, 6.07) is 1.68. The van der Waals surface area contributed by atoms with Crippen LogP contribution in [0.25, 0.3) is 0 Å². The van der Waals surface area contributed by atoms with Crippen LogP contribution in [0.2, 0.25) is 0 Å². The Bertz CT molecular complexity index is 411. The van der Waals surface area contributed by atoms with Crippen LogP contribution in [-0.4, -0.2) is 31.5 Å². The van der Waals surface area contributed by atoms with Gasteiger partial charge < -0.3 is 11.1 Å². The zero-order valence-corrected chi connectivity index (χ0v) is 8.04. The lowest BCUT2D eigenvalue weighted by atomic mass is 10.5. The largest absolute Gasteiger partial charge is 0.384 e. The molecule has 78 valence electrons. The molecule has 0 atom stereocenters. The standard InChI is InChI=1S/C8H11N7/c9-7-5-8(12-6-11-7)10-1-3-15-4-2-13-14-15/h2,4-6H,1,3H2,(H3,9,10,11,12). The number of anilines is 2. The van der Waals surface area contributed by atoms with E-state index in [9.17, 15) is 0 Å². The summed E-state index contributed by atoms with van der Waals surface area (Å²) in [5.41, 5.74) is 5.51. The molecule has 0 unspecified atom stereocenters. The molecule has 0 radical (unpaired) electrons. The van der Waals surface area contributed by atoms with Gasteiger partial charge in [-0.2, -0.15) is 0 Å². The highest BCUT2D eigenvalue weighted by Gasteiger charge is 1.95. The van der Waals surface area contributed by atoms with Crippen molar-refractivity contribution in [3.05, 3.63) is 24.8 Å². The lowest BCUT2D eigenvalue weighted by Gasteiger charge is -2.04. The summed E-state index contributed by atoms with van der Waals surface area (Å²) in [4.78, 5) is 7.81. The van der Waals surface area contributed by atoms with Crippen molar-refractivity contribution in [1.29, 1.82) is 0 Å². The Morgan fingerprint density at radius 1 is 1.40 bits per heavy atom. The molecule has 2 aromatic heterocycles. The molecule has 0 amide bonds. The maximum Gasteiger partial charge on any atom is 0.131 e. The summed E-state index contributed by atoms with van der Waals surface area (Å²) >= 11 is 0. The summed E-state index contributed by atoms with van der Waals surface area (Å²) in [5, 5.41) is 10.6. The van der Waals surface area contributed by atoms with Gasteiger partial charge in [0.2, 0.25) is 0 Å². The van der Waals surface area contributed by atoms with Crippen LogP contribution in [0.3, 0.4) is 0 Å². The Hall–Kier alpha value is -2.18. The minimum atomic E-state index is 0.452. The van der Waals surface area contributed by atoms with E-state index in [2.05, 4.69) is 25.6 Å². The molecule has 0 aromatic carbocycles. The topological polar surface area (TPSA) is 94.5 Å². The van der Waals surface area contributed by atoms with E-state index in [-0.39, 0.29) is 0 Å². The minimum absolute atomic E-state index is 0.452. The van der Waals surface area contributed by atoms with Crippen LogP contribution in [0.1, 0.15) is 0 Å². The van der Waals surface area contributed by atoms with Gasteiger partial charge in [-0.1, -0.05) is 5.21 Å². The van der Waals surface area contributed by atoms with Crippen molar-refractivity contribution >= 4 is 11.6 Å². The Morgan fingerprint density at radius 2 is 2.33 bits per heavy atom. The molecule has 7 heteroatoms. The molecule has 7 nitrogen and oxygen atoms in total. The Morgan fingerprint density at radius 3 is 3.07 bits per heavy atom. The molecule has 0 aliphatic carbocycles. The van der Waals surface area contributed by atoms with E-state index in [0.29, 0.717) is 18.2 Å². The van der Waals surface area contributed by atoms with Crippen LogP contribution in [0, 0.1) is 0 Å². The van der Waals surface area contributed by atoms with Gasteiger partial charge >= 0.3 is 0 Å². The molecule has 0 saturated carbocycles. The molecule has 0 aliphatic heterocycles. The molecule has 0 bridgehead atoms. The third kappa shape index (κ3) is 2.63. The molecule has 0 saturated heterocycles. The molecule has 2 rings (SSSR count). The number of hydrogen-bond acceptors (Lipinski definition) is 6. The summed E-state index contributed by atoms with van der Waals surface area (Å²) in [6.07, 6.45) is 4.87. The Labute approximate surface area is 86.3 Å². The second-order valence-corrected chi connectivity index (χ2v) is 2.92. The van der Waals surface area contributed by atoms with Gasteiger partial charge in [0, 0.05) is 18.8 Å². The molecular weight excluding hydrogens is 194 g/mol. The first kappa shape index (κ1) is 9.38. The fraction of sp³-hybridized carbons (Fsp3) is 0.250. The summed E-state index contributed by atoms with van der Waals surface area (Å²) in [7, 11) is 0. The molecular formula is C8H11N7. The van der Waals surface area contributed by atoms with E-state index in [0.717, 1.165) is 6.54 Å². The Kier molecular flexibility index (Phi) is 2.72. The van der Waals surface area contributed by atoms with Crippen molar-refractivity contribution in [2.45, 2.75) is 6.54 Å². The SMILES string of the molecule is Nc1cc(NCCn2ccnn2)ncn1. The van der Waals surface area contributed by atoms with E-state index in [1.807, 2.05) is 0 Å². The molecule has 0 spiro atoms. The number of hydrogen-bond donors (Lipinski definition) is 2. The maximum atomic E-state index is 5.51. The van der Waals surface area contributed by atoms with E-state index in [4.69, 9.17) is 5.73 Å². The van der Waals surface area contributed by atoms with Crippen LogP contribution in [0.5, 0.6) is 0 Å². The van der Waals surface area contributed by atoms with Crippen LogP contribution in [0.4, 0.5) is 11.6 Å². The number of nitrogens with two attached hydrogens (primary N) is 1. The van der Waals surface area contributed by atoms with Crippen LogP contribution in [-0.2, 0) is 6.54 Å². The lowest BCUT2D eigenvalue weighted by Crippen LogP contribution is -2.12. The first-order valence-electron chi connectivity index (χ1n) is 4.50. The van der Waals surface area contributed by atoms with Crippen molar-refractivity contribution in [2.24, 2.45) is 0 Å². The molecule has 2 aromatic rings. The zero-order valence-electron chi connectivity index (χ0n) is 8.04. The maximum absolute atomic E-state index is 5.51. The lowest BCUT2D eigenvalue weighted by molar-refractivity contribution is 0.608. The number of rotatable bonds is 4. The second-order valence-electron chi connectivity index (χ2n) is 2.92. The predicted molar refractivity (Wildman–Crippen MR) is 55.0 cm³/mol. The van der Waals surface area contributed by atoms with Gasteiger partial charge in [-0.15, -0.1) is 5.10 Å². The van der Waals surface area contributed by atoms with E-state index < -0.39 is 0 Å².